The van der Waals surface area contributed by atoms with Crippen LogP contribution < -0.4 is 5.32 Å². The first-order valence-corrected chi connectivity index (χ1v) is 6.46. The van der Waals surface area contributed by atoms with Crippen LogP contribution in [0.2, 0.25) is 0 Å². The number of aromatic amines is 1. The van der Waals surface area contributed by atoms with Gasteiger partial charge in [0, 0.05) is 28.7 Å². The summed E-state index contributed by atoms with van der Waals surface area (Å²) < 4.78 is 1.07. The lowest BCUT2D eigenvalue weighted by Crippen LogP contribution is -2.11. The van der Waals surface area contributed by atoms with Gasteiger partial charge < -0.3 is 10.3 Å². The number of H-pyrrole nitrogens is 1. The molecule has 0 aliphatic rings. The largest absolute Gasteiger partial charge is 0.342 e. The molecule has 0 saturated heterocycles. The fraction of sp³-hybridized carbons (Fsp3) is 0.308. The molecule has 0 bridgehead atoms. The van der Waals surface area contributed by atoms with Crippen molar-refractivity contribution < 1.29 is 0 Å². The summed E-state index contributed by atoms with van der Waals surface area (Å²) in [5.74, 6) is 0.940. The van der Waals surface area contributed by atoms with Crippen LogP contribution in [0.25, 0.3) is 11.4 Å². The highest BCUT2D eigenvalue weighted by molar-refractivity contribution is 9.10. The first-order chi connectivity index (χ1) is 8.20. The van der Waals surface area contributed by atoms with Gasteiger partial charge in [-0.2, -0.15) is 0 Å². The normalized spacial score (nSPS) is 10.8. The van der Waals surface area contributed by atoms with E-state index in [9.17, 15) is 0 Å². The van der Waals surface area contributed by atoms with Gasteiger partial charge in [0.25, 0.3) is 0 Å². The number of imidazole rings is 1. The van der Waals surface area contributed by atoms with Crippen molar-refractivity contribution in [1.29, 1.82) is 0 Å². The zero-order valence-corrected chi connectivity index (χ0v) is 11.6. The molecule has 2 N–H and O–H groups in total. The lowest BCUT2D eigenvalue weighted by atomic mass is 10.2. The monoisotopic (exact) mass is 293 g/mol. The van der Waals surface area contributed by atoms with Crippen LogP contribution in [-0.2, 0) is 6.42 Å². The molecule has 4 heteroatoms. The maximum atomic E-state index is 4.64. The summed E-state index contributed by atoms with van der Waals surface area (Å²) in [6.07, 6.45) is 0.951. The van der Waals surface area contributed by atoms with Crippen molar-refractivity contribution in [3.05, 3.63) is 40.1 Å². The van der Waals surface area contributed by atoms with Gasteiger partial charge in [0.1, 0.15) is 5.82 Å². The Kier molecular flexibility index (Phi) is 3.97. The van der Waals surface area contributed by atoms with E-state index in [-0.39, 0.29) is 0 Å². The Labute approximate surface area is 110 Å². The van der Waals surface area contributed by atoms with E-state index < -0.39 is 0 Å². The molecule has 1 heterocycles. The lowest BCUT2D eigenvalue weighted by Gasteiger charge is -1.97. The minimum atomic E-state index is 0.940. The zero-order valence-electron chi connectivity index (χ0n) is 10.0. The minimum absolute atomic E-state index is 0.940. The summed E-state index contributed by atoms with van der Waals surface area (Å²) in [6.45, 7) is 3.02. The fourth-order valence-corrected chi connectivity index (χ4v) is 2.16. The van der Waals surface area contributed by atoms with Gasteiger partial charge in [0.05, 0.1) is 5.69 Å². The van der Waals surface area contributed by atoms with Crippen molar-refractivity contribution >= 4 is 15.9 Å². The van der Waals surface area contributed by atoms with Gasteiger partial charge >= 0.3 is 0 Å². The van der Waals surface area contributed by atoms with Crippen LogP contribution in [0.5, 0.6) is 0 Å². The second kappa shape index (κ2) is 5.47. The number of hydrogen-bond acceptors (Lipinski definition) is 2. The van der Waals surface area contributed by atoms with Crippen molar-refractivity contribution in [2.24, 2.45) is 0 Å². The molecule has 0 saturated carbocycles. The van der Waals surface area contributed by atoms with E-state index in [0.717, 1.165) is 40.2 Å². The van der Waals surface area contributed by atoms with E-state index in [2.05, 4.69) is 50.3 Å². The molecule has 17 heavy (non-hydrogen) atoms. The quantitative estimate of drug-likeness (QED) is 0.910. The zero-order chi connectivity index (χ0) is 12.3. The van der Waals surface area contributed by atoms with Crippen LogP contribution in [-0.4, -0.2) is 23.6 Å². The SMILES string of the molecule is CNCCc1nc(-c2cccc(Br)c2)[nH]c1C. The maximum Gasteiger partial charge on any atom is 0.137 e. The highest BCUT2D eigenvalue weighted by Crippen LogP contribution is 2.21. The second-order valence-corrected chi connectivity index (χ2v) is 4.94. The molecule has 90 valence electrons. The summed E-state index contributed by atoms with van der Waals surface area (Å²) in [6, 6.07) is 8.16. The number of likely N-dealkylation sites (N-methyl/N-ethyl adjacent to an activating group) is 1. The van der Waals surface area contributed by atoms with Gasteiger partial charge in [-0.3, -0.25) is 0 Å². The van der Waals surface area contributed by atoms with E-state index in [4.69, 9.17) is 0 Å². The highest BCUT2D eigenvalue weighted by atomic mass is 79.9. The smallest absolute Gasteiger partial charge is 0.137 e. The van der Waals surface area contributed by atoms with Crippen molar-refractivity contribution in [3.8, 4) is 11.4 Å². The molecule has 0 radical (unpaired) electrons. The average molecular weight is 294 g/mol. The molecule has 0 unspecified atom stereocenters. The maximum absolute atomic E-state index is 4.64. The number of aromatic nitrogens is 2. The predicted octanol–water partition coefficient (Wildman–Crippen LogP) is 2.91. The van der Waals surface area contributed by atoms with E-state index in [1.807, 2.05) is 19.2 Å². The molecule has 0 fully saturated rings. The van der Waals surface area contributed by atoms with E-state index in [0.29, 0.717) is 0 Å². The fourth-order valence-electron chi connectivity index (χ4n) is 1.76. The molecule has 2 rings (SSSR count). The van der Waals surface area contributed by atoms with Crippen molar-refractivity contribution in [2.45, 2.75) is 13.3 Å². The van der Waals surface area contributed by atoms with Crippen molar-refractivity contribution in [2.75, 3.05) is 13.6 Å². The summed E-state index contributed by atoms with van der Waals surface area (Å²) in [7, 11) is 1.96. The van der Waals surface area contributed by atoms with E-state index in [1.165, 1.54) is 0 Å². The number of rotatable bonds is 4. The van der Waals surface area contributed by atoms with Gasteiger partial charge in [-0.25, -0.2) is 4.98 Å². The molecule has 0 spiro atoms. The number of hydrogen-bond donors (Lipinski definition) is 2. The number of nitrogens with one attached hydrogen (secondary N) is 2. The van der Waals surface area contributed by atoms with Crippen LogP contribution in [0.1, 0.15) is 11.4 Å². The summed E-state index contributed by atoms with van der Waals surface area (Å²) in [4.78, 5) is 7.98. The van der Waals surface area contributed by atoms with Crippen LogP contribution in [0.4, 0.5) is 0 Å². The lowest BCUT2D eigenvalue weighted by molar-refractivity contribution is 0.776. The summed E-state index contributed by atoms with van der Waals surface area (Å²) >= 11 is 3.48. The number of nitrogens with zero attached hydrogens (tertiary/aromatic N) is 1. The van der Waals surface area contributed by atoms with Gasteiger partial charge in [-0.05, 0) is 26.1 Å². The summed E-state index contributed by atoms with van der Waals surface area (Å²) in [5.41, 5.74) is 3.39. The van der Waals surface area contributed by atoms with Gasteiger partial charge in [-0.15, -0.1) is 0 Å². The third-order valence-electron chi connectivity index (χ3n) is 2.70. The Morgan fingerprint density at radius 3 is 2.94 bits per heavy atom. The number of halogens is 1. The Morgan fingerprint density at radius 1 is 1.41 bits per heavy atom. The van der Waals surface area contributed by atoms with Crippen LogP contribution in [0.15, 0.2) is 28.7 Å². The highest BCUT2D eigenvalue weighted by Gasteiger charge is 2.08. The average Bonchev–Trinajstić information content (AvgIpc) is 2.68. The first kappa shape index (κ1) is 12.3. The Morgan fingerprint density at radius 2 is 2.24 bits per heavy atom. The second-order valence-electron chi connectivity index (χ2n) is 4.02. The molecule has 2 aromatic rings. The standard InChI is InChI=1S/C13H16BrN3/c1-9-12(6-7-15-2)17-13(16-9)10-4-3-5-11(14)8-10/h3-5,8,15H,6-7H2,1-2H3,(H,16,17). The molecule has 3 nitrogen and oxygen atoms in total. The van der Waals surface area contributed by atoms with Crippen molar-refractivity contribution in [1.82, 2.24) is 15.3 Å². The van der Waals surface area contributed by atoms with Crippen LogP contribution in [0, 0.1) is 6.92 Å². The topological polar surface area (TPSA) is 40.7 Å². The van der Waals surface area contributed by atoms with Crippen LogP contribution in [0.3, 0.4) is 0 Å². The Hall–Kier alpha value is -1.13. The molecule has 0 aliphatic carbocycles. The Bertz CT molecular complexity index is 505. The van der Waals surface area contributed by atoms with Gasteiger partial charge in [0.15, 0.2) is 0 Å². The van der Waals surface area contributed by atoms with E-state index in [1.54, 1.807) is 0 Å². The third-order valence-corrected chi connectivity index (χ3v) is 3.19. The molecule has 1 aromatic heterocycles. The molecule has 1 aromatic carbocycles. The summed E-state index contributed by atoms with van der Waals surface area (Å²) in [5, 5.41) is 3.14. The minimum Gasteiger partial charge on any atom is -0.342 e. The third kappa shape index (κ3) is 2.96. The Balaban J connectivity index is 2.28. The van der Waals surface area contributed by atoms with Crippen molar-refractivity contribution in [3.63, 3.8) is 0 Å². The van der Waals surface area contributed by atoms with E-state index >= 15 is 0 Å². The molecule has 0 amide bonds. The predicted molar refractivity (Wildman–Crippen MR) is 74.1 cm³/mol. The molecule has 0 atom stereocenters. The van der Waals surface area contributed by atoms with Gasteiger partial charge in [0.2, 0.25) is 0 Å². The molecular formula is C13H16BrN3. The molecular weight excluding hydrogens is 278 g/mol. The number of aryl methyl sites for hydroxylation is 1. The number of benzene rings is 1. The first-order valence-electron chi connectivity index (χ1n) is 5.66. The van der Waals surface area contributed by atoms with Gasteiger partial charge in [-0.1, -0.05) is 28.1 Å². The molecule has 0 aliphatic heterocycles. The van der Waals surface area contributed by atoms with Crippen LogP contribution >= 0.6 is 15.9 Å².